The molecular formula is C16H17N5. The molecule has 3 rings (SSSR count). The average Bonchev–Trinajstić information content (AvgIpc) is 3.00. The topological polar surface area (TPSA) is 68.8 Å². The van der Waals surface area contributed by atoms with E-state index in [1.165, 1.54) is 0 Å². The van der Waals surface area contributed by atoms with Gasteiger partial charge in [0.15, 0.2) is 0 Å². The number of hydrazine groups is 1. The van der Waals surface area contributed by atoms with E-state index in [0.717, 1.165) is 22.6 Å². The second kappa shape index (κ2) is 5.87. The van der Waals surface area contributed by atoms with Crippen LogP contribution < -0.4 is 11.3 Å². The van der Waals surface area contributed by atoms with E-state index in [0.29, 0.717) is 0 Å². The van der Waals surface area contributed by atoms with Crippen molar-refractivity contribution in [1.29, 1.82) is 0 Å². The van der Waals surface area contributed by atoms with E-state index in [1.807, 2.05) is 60.1 Å². The van der Waals surface area contributed by atoms with Crippen molar-refractivity contribution in [2.45, 2.75) is 13.0 Å². The Bertz CT molecular complexity index is 720. The molecule has 0 bridgehead atoms. The predicted octanol–water partition coefficient (Wildman–Crippen LogP) is 2.13. The predicted molar refractivity (Wildman–Crippen MR) is 81.7 cm³/mol. The summed E-state index contributed by atoms with van der Waals surface area (Å²) in [6, 6.07) is 15.6. The summed E-state index contributed by atoms with van der Waals surface area (Å²) in [7, 11) is 0. The highest BCUT2D eigenvalue weighted by atomic mass is 15.3. The first-order chi connectivity index (χ1) is 10.3. The van der Waals surface area contributed by atoms with Gasteiger partial charge in [-0.25, -0.2) is 10.1 Å². The zero-order chi connectivity index (χ0) is 14.7. The standard InChI is InChI=1S/C16H17N5/c1-12-6-5-10-18-15(12)16(20-17)14-9-11-19-21(14)13-7-3-2-4-8-13/h2-11,16,20H,17H2,1H3. The summed E-state index contributed by atoms with van der Waals surface area (Å²) in [5.41, 5.74) is 6.78. The molecule has 0 saturated heterocycles. The molecule has 0 saturated carbocycles. The zero-order valence-electron chi connectivity index (χ0n) is 11.8. The Morgan fingerprint density at radius 3 is 2.57 bits per heavy atom. The molecule has 0 amide bonds. The minimum Gasteiger partial charge on any atom is -0.270 e. The summed E-state index contributed by atoms with van der Waals surface area (Å²) in [6.45, 7) is 2.02. The van der Waals surface area contributed by atoms with Gasteiger partial charge in [0.1, 0.15) is 6.04 Å². The van der Waals surface area contributed by atoms with Gasteiger partial charge in [0.25, 0.3) is 0 Å². The minimum atomic E-state index is -0.214. The number of aryl methyl sites for hydroxylation is 1. The Hall–Kier alpha value is -2.50. The Labute approximate surface area is 123 Å². The molecule has 106 valence electrons. The molecule has 0 aliphatic carbocycles. The number of nitrogens with one attached hydrogen (secondary N) is 1. The maximum atomic E-state index is 5.78. The third-order valence-corrected chi connectivity index (χ3v) is 3.46. The number of hydrogen-bond acceptors (Lipinski definition) is 4. The molecule has 2 aromatic heterocycles. The van der Waals surface area contributed by atoms with Crippen LogP contribution >= 0.6 is 0 Å². The molecule has 0 radical (unpaired) electrons. The lowest BCUT2D eigenvalue weighted by molar-refractivity contribution is 0.581. The summed E-state index contributed by atoms with van der Waals surface area (Å²) < 4.78 is 1.87. The van der Waals surface area contributed by atoms with Gasteiger partial charge in [-0.2, -0.15) is 5.10 Å². The number of rotatable bonds is 4. The molecule has 3 aromatic rings. The first-order valence-electron chi connectivity index (χ1n) is 6.78. The Balaban J connectivity index is 2.08. The van der Waals surface area contributed by atoms with Crippen LogP contribution in [0, 0.1) is 6.92 Å². The molecule has 1 unspecified atom stereocenters. The Morgan fingerprint density at radius 1 is 1.05 bits per heavy atom. The highest BCUT2D eigenvalue weighted by molar-refractivity contribution is 5.36. The lowest BCUT2D eigenvalue weighted by atomic mass is 10.1. The van der Waals surface area contributed by atoms with Gasteiger partial charge in [0, 0.05) is 12.4 Å². The smallest absolute Gasteiger partial charge is 0.106 e. The van der Waals surface area contributed by atoms with Crippen LogP contribution in [0.4, 0.5) is 0 Å². The van der Waals surface area contributed by atoms with Gasteiger partial charge in [0.2, 0.25) is 0 Å². The molecule has 0 aliphatic heterocycles. The second-order valence-corrected chi connectivity index (χ2v) is 4.81. The lowest BCUT2D eigenvalue weighted by Gasteiger charge is -2.19. The van der Waals surface area contributed by atoms with Crippen LogP contribution in [-0.4, -0.2) is 14.8 Å². The number of hydrogen-bond donors (Lipinski definition) is 2. The third-order valence-electron chi connectivity index (χ3n) is 3.46. The molecule has 1 atom stereocenters. The number of pyridine rings is 1. The Morgan fingerprint density at radius 2 is 1.86 bits per heavy atom. The van der Waals surface area contributed by atoms with Gasteiger partial charge in [0.05, 0.1) is 17.1 Å². The van der Waals surface area contributed by atoms with Crippen LogP contribution in [0.5, 0.6) is 0 Å². The van der Waals surface area contributed by atoms with Crippen molar-refractivity contribution in [3.05, 3.63) is 77.9 Å². The third kappa shape index (κ3) is 2.56. The maximum Gasteiger partial charge on any atom is 0.106 e. The molecule has 1 aromatic carbocycles. The summed E-state index contributed by atoms with van der Waals surface area (Å²) >= 11 is 0. The number of benzene rings is 1. The maximum absolute atomic E-state index is 5.78. The van der Waals surface area contributed by atoms with E-state index in [4.69, 9.17) is 5.84 Å². The fourth-order valence-electron chi connectivity index (χ4n) is 2.42. The second-order valence-electron chi connectivity index (χ2n) is 4.81. The quantitative estimate of drug-likeness (QED) is 0.567. The van der Waals surface area contributed by atoms with E-state index in [9.17, 15) is 0 Å². The van der Waals surface area contributed by atoms with Crippen molar-refractivity contribution in [1.82, 2.24) is 20.2 Å². The zero-order valence-corrected chi connectivity index (χ0v) is 11.8. The average molecular weight is 279 g/mol. The summed E-state index contributed by atoms with van der Waals surface area (Å²) in [5.74, 6) is 5.78. The number of aromatic nitrogens is 3. The Kier molecular flexibility index (Phi) is 3.77. The van der Waals surface area contributed by atoms with Crippen LogP contribution in [0.25, 0.3) is 5.69 Å². The lowest BCUT2D eigenvalue weighted by Crippen LogP contribution is -2.31. The minimum absolute atomic E-state index is 0.214. The largest absolute Gasteiger partial charge is 0.270 e. The molecule has 2 heterocycles. The van der Waals surface area contributed by atoms with Gasteiger partial charge in [-0.1, -0.05) is 24.3 Å². The fourth-order valence-corrected chi connectivity index (χ4v) is 2.42. The van der Waals surface area contributed by atoms with Crippen molar-refractivity contribution in [3.63, 3.8) is 0 Å². The van der Waals surface area contributed by atoms with Crippen molar-refractivity contribution in [2.75, 3.05) is 0 Å². The van der Waals surface area contributed by atoms with Crippen LogP contribution in [0.2, 0.25) is 0 Å². The van der Waals surface area contributed by atoms with E-state index in [-0.39, 0.29) is 6.04 Å². The van der Waals surface area contributed by atoms with Gasteiger partial charge in [-0.05, 0) is 36.8 Å². The van der Waals surface area contributed by atoms with Crippen molar-refractivity contribution in [3.8, 4) is 5.69 Å². The normalized spacial score (nSPS) is 12.3. The summed E-state index contributed by atoms with van der Waals surface area (Å²) in [4.78, 5) is 4.46. The fraction of sp³-hybridized carbons (Fsp3) is 0.125. The molecule has 21 heavy (non-hydrogen) atoms. The van der Waals surface area contributed by atoms with Crippen LogP contribution in [-0.2, 0) is 0 Å². The van der Waals surface area contributed by atoms with Crippen molar-refractivity contribution < 1.29 is 0 Å². The molecule has 0 aliphatic rings. The van der Waals surface area contributed by atoms with Crippen LogP contribution in [0.15, 0.2) is 60.9 Å². The highest BCUT2D eigenvalue weighted by Gasteiger charge is 2.20. The molecule has 3 N–H and O–H groups in total. The van der Waals surface area contributed by atoms with Crippen LogP contribution in [0.1, 0.15) is 23.0 Å². The number of nitrogens with zero attached hydrogens (tertiary/aromatic N) is 3. The first-order valence-corrected chi connectivity index (χ1v) is 6.78. The van der Waals surface area contributed by atoms with Crippen LogP contribution in [0.3, 0.4) is 0 Å². The highest BCUT2D eigenvalue weighted by Crippen LogP contribution is 2.24. The van der Waals surface area contributed by atoms with E-state index in [2.05, 4.69) is 15.5 Å². The first kappa shape index (κ1) is 13.5. The molecule has 5 heteroatoms. The molecular weight excluding hydrogens is 262 g/mol. The van der Waals surface area contributed by atoms with E-state index >= 15 is 0 Å². The number of nitrogens with two attached hydrogens (primary N) is 1. The van der Waals surface area contributed by atoms with Gasteiger partial charge in [-0.15, -0.1) is 0 Å². The van der Waals surface area contributed by atoms with Crippen molar-refractivity contribution >= 4 is 0 Å². The monoisotopic (exact) mass is 279 g/mol. The molecule has 0 fully saturated rings. The van der Waals surface area contributed by atoms with Gasteiger partial charge >= 0.3 is 0 Å². The number of para-hydroxylation sites is 1. The van der Waals surface area contributed by atoms with E-state index in [1.54, 1.807) is 12.4 Å². The van der Waals surface area contributed by atoms with E-state index < -0.39 is 0 Å². The molecule has 0 spiro atoms. The summed E-state index contributed by atoms with van der Waals surface area (Å²) in [5, 5.41) is 4.40. The summed E-state index contributed by atoms with van der Waals surface area (Å²) in [6.07, 6.45) is 3.54. The van der Waals surface area contributed by atoms with Gasteiger partial charge in [-0.3, -0.25) is 10.8 Å². The molecule has 5 nitrogen and oxygen atoms in total. The van der Waals surface area contributed by atoms with Gasteiger partial charge < -0.3 is 0 Å². The SMILES string of the molecule is Cc1cccnc1C(NN)c1ccnn1-c1ccccc1. The van der Waals surface area contributed by atoms with Crippen molar-refractivity contribution in [2.24, 2.45) is 5.84 Å².